The number of allylic oxidation sites excluding steroid dienone is 4. The van der Waals surface area contributed by atoms with E-state index in [1.54, 1.807) is 0 Å². The Hall–Kier alpha value is -0.820. The molecule has 3 aliphatic rings. The monoisotopic (exact) mass is 391 g/mol. The van der Waals surface area contributed by atoms with Crippen molar-refractivity contribution >= 4 is 0 Å². The van der Waals surface area contributed by atoms with Crippen molar-refractivity contribution in [3.8, 4) is 0 Å². The van der Waals surface area contributed by atoms with Gasteiger partial charge in [0.1, 0.15) is 0 Å². The van der Waals surface area contributed by atoms with Gasteiger partial charge in [-0.2, -0.15) is 0 Å². The van der Waals surface area contributed by atoms with Crippen LogP contribution in [0.4, 0.5) is 0 Å². The summed E-state index contributed by atoms with van der Waals surface area (Å²) >= 11 is 0. The zero-order valence-corrected chi connectivity index (χ0v) is 17.9. The molecule has 3 fully saturated rings. The van der Waals surface area contributed by atoms with Gasteiger partial charge in [0.15, 0.2) is 0 Å². The molecular formula is C27H44O. The molecule has 0 spiro atoms. The molecule has 28 heavy (non-hydrogen) atoms. The highest BCUT2D eigenvalue weighted by Crippen LogP contribution is 2.59. The highest BCUT2D eigenvalue weighted by Gasteiger charge is 2.50. The van der Waals surface area contributed by atoms with E-state index in [0.29, 0.717) is 30.6 Å². The summed E-state index contributed by atoms with van der Waals surface area (Å²) in [5, 5.41) is 10.1. The van der Waals surface area contributed by atoms with Gasteiger partial charge in [-0.1, -0.05) is 76.7 Å². The maximum absolute atomic E-state index is 10.1. The molecule has 0 heterocycles. The zero-order valence-electron chi connectivity index (χ0n) is 24.9. The third-order valence-corrected chi connectivity index (χ3v) is 8.00. The molecule has 3 rings (SSSR count). The number of rotatable bonds is 6. The van der Waals surface area contributed by atoms with E-state index in [1.807, 2.05) is 0 Å². The maximum Gasteiger partial charge on any atom is 0.0583 e. The molecule has 1 nitrogen and oxygen atoms in total. The van der Waals surface area contributed by atoms with Gasteiger partial charge in [-0.15, -0.1) is 0 Å². The van der Waals surface area contributed by atoms with Crippen LogP contribution in [0.2, 0.25) is 0 Å². The Morgan fingerprint density at radius 1 is 1.25 bits per heavy atom. The summed E-state index contributed by atoms with van der Waals surface area (Å²) in [4.78, 5) is 0. The summed E-state index contributed by atoms with van der Waals surface area (Å²) in [6.07, 6.45) is 13.4. The molecular weight excluding hydrogens is 340 g/mol. The molecule has 0 aromatic heterocycles. The van der Waals surface area contributed by atoms with E-state index in [-0.39, 0.29) is 17.9 Å². The summed E-state index contributed by atoms with van der Waals surface area (Å²) in [6.45, 7) is 3.17. The first-order valence-electron chi connectivity index (χ1n) is 14.9. The Bertz CT molecular complexity index is 823. The lowest BCUT2D eigenvalue weighted by atomic mass is 9.60. The van der Waals surface area contributed by atoms with Gasteiger partial charge in [0.05, 0.1) is 6.10 Å². The van der Waals surface area contributed by atoms with Crippen LogP contribution in [0, 0.1) is 29.1 Å². The third-order valence-electron chi connectivity index (χ3n) is 8.00. The largest absolute Gasteiger partial charge is 0.393 e. The molecule has 1 N–H and O–H groups in total. The molecule has 0 bridgehead atoms. The average Bonchev–Trinajstić information content (AvgIpc) is 3.10. The summed E-state index contributed by atoms with van der Waals surface area (Å²) in [5.41, 5.74) is 4.01. The molecule has 1 heteroatoms. The van der Waals surface area contributed by atoms with Crippen LogP contribution < -0.4 is 0 Å². The Morgan fingerprint density at radius 2 is 2.07 bits per heavy atom. The standard InChI is InChI=1S/C27H44O/c1-19(2)8-6-9-21(4)25-15-16-26-22(10-7-17-27(25,26)5)12-13-23-18-24(28)14-11-20(23)3/h12-13,19,21,24-26,28H,3,6-11,14-18H2,1-2,4-5H3/t21-,24+,25-,26+,27-/m1/s1/i1D3,2D3,19D. The molecule has 0 aliphatic heterocycles. The van der Waals surface area contributed by atoms with Crippen LogP contribution >= 0.6 is 0 Å². The molecule has 3 saturated carbocycles. The first kappa shape index (κ1) is 14.2. The molecule has 0 aromatic carbocycles. The zero-order chi connectivity index (χ0) is 26.2. The minimum Gasteiger partial charge on any atom is -0.393 e. The van der Waals surface area contributed by atoms with E-state index in [0.717, 1.165) is 50.5 Å². The van der Waals surface area contributed by atoms with Crippen LogP contribution in [0.15, 0.2) is 35.5 Å². The lowest BCUT2D eigenvalue weighted by Crippen LogP contribution is -2.36. The number of fused-ring (bicyclic) bond motifs is 1. The summed E-state index contributed by atoms with van der Waals surface area (Å²) in [6, 6.07) is 0. The lowest BCUT2D eigenvalue weighted by molar-refractivity contribution is 0.0929. The van der Waals surface area contributed by atoms with Crippen LogP contribution in [-0.2, 0) is 0 Å². The third kappa shape index (κ3) is 4.84. The van der Waals surface area contributed by atoms with Crippen LogP contribution in [0.25, 0.3) is 0 Å². The maximum atomic E-state index is 10.1. The first-order valence-corrected chi connectivity index (χ1v) is 11.4. The van der Waals surface area contributed by atoms with E-state index in [2.05, 4.69) is 32.6 Å². The van der Waals surface area contributed by atoms with Crippen molar-refractivity contribution in [3.05, 3.63) is 35.5 Å². The van der Waals surface area contributed by atoms with Gasteiger partial charge < -0.3 is 5.11 Å². The number of hydrogen-bond donors (Lipinski definition) is 1. The molecule has 0 amide bonds. The molecule has 0 aromatic rings. The number of aliphatic hydroxyl groups is 1. The number of hydrogen-bond acceptors (Lipinski definition) is 1. The van der Waals surface area contributed by atoms with Crippen LogP contribution in [0.5, 0.6) is 0 Å². The summed E-state index contributed by atoms with van der Waals surface area (Å²) in [7, 11) is 0. The van der Waals surface area contributed by atoms with Gasteiger partial charge in [0.25, 0.3) is 0 Å². The average molecular weight is 392 g/mol. The molecule has 0 unspecified atom stereocenters. The Kier molecular flexibility index (Phi) is 4.74. The van der Waals surface area contributed by atoms with Gasteiger partial charge >= 0.3 is 0 Å². The van der Waals surface area contributed by atoms with Crippen molar-refractivity contribution in [1.82, 2.24) is 0 Å². The second kappa shape index (κ2) is 9.33. The fourth-order valence-electron chi connectivity index (χ4n) is 6.41. The Morgan fingerprint density at radius 3 is 2.86 bits per heavy atom. The van der Waals surface area contributed by atoms with E-state index in [9.17, 15) is 5.11 Å². The second-order valence-electron chi connectivity index (χ2n) is 9.88. The fourth-order valence-corrected chi connectivity index (χ4v) is 6.41. The minimum absolute atomic E-state index is 0.133. The topological polar surface area (TPSA) is 20.2 Å². The lowest BCUT2D eigenvalue weighted by Gasteiger charge is -2.44. The Balaban J connectivity index is 1.68. The highest BCUT2D eigenvalue weighted by molar-refractivity contribution is 5.36. The Labute approximate surface area is 184 Å². The predicted octanol–water partition coefficient (Wildman–Crippen LogP) is 7.62. The first-order chi connectivity index (χ1) is 16.1. The quantitative estimate of drug-likeness (QED) is 0.493. The van der Waals surface area contributed by atoms with Gasteiger partial charge in [0.2, 0.25) is 0 Å². The normalized spacial score (nSPS) is 42.6. The second-order valence-corrected chi connectivity index (χ2v) is 9.88. The number of aliphatic hydroxyl groups excluding tert-OH is 1. The van der Waals surface area contributed by atoms with Crippen molar-refractivity contribution in [1.29, 1.82) is 0 Å². The van der Waals surface area contributed by atoms with Gasteiger partial charge in [0, 0.05) is 9.60 Å². The SMILES string of the molecule is [2H]C([2H])([2H])C([2H])(CCC[C@@H](C)[C@H]1CC[C@H]2C(=CC=C3C[C@@H](O)CCC3=C)CCC[C@]12C)C([2H])([2H])[2H]. The van der Waals surface area contributed by atoms with E-state index in [4.69, 9.17) is 9.60 Å². The summed E-state index contributed by atoms with van der Waals surface area (Å²) in [5.74, 6) is -1.01. The molecule has 3 aliphatic carbocycles. The predicted molar refractivity (Wildman–Crippen MR) is 121 cm³/mol. The van der Waals surface area contributed by atoms with Crippen molar-refractivity contribution in [2.75, 3.05) is 0 Å². The molecule has 0 radical (unpaired) electrons. The molecule has 0 saturated heterocycles. The highest BCUT2D eigenvalue weighted by atomic mass is 16.3. The fraction of sp³-hybridized carbons (Fsp3) is 0.778. The van der Waals surface area contributed by atoms with Crippen molar-refractivity contribution < 1.29 is 14.7 Å². The van der Waals surface area contributed by atoms with E-state index < -0.39 is 19.6 Å². The van der Waals surface area contributed by atoms with Crippen LogP contribution in [0.3, 0.4) is 0 Å². The van der Waals surface area contributed by atoms with Crippen LogP contribution in [-0.4, -0.2) is 11.2 Å². The van der Waals surface area contributed by atoms with Gasteiger partial charge in [-0.25, -0.2) is 0 Å². The van der Waals surface area contributed by atoms with Crippen molar-refractivity contribution in [3.63, 3.8) is 0 Å². The molecule has 5 atom stereocenters. The minimum atomic E-state index is -2.83. The summed E-state index contributed by atoms with van der Waals surface area (Å²) < 4.78 is 54.3. The van der Waals surface area contributed by atoms with Crippen molar-refractivity contribution in [2.45, 2.75) is 104 Å². The van der Waals surface area contributed by atoms with E-state index >= 15 is 0 Å². The smallest absolute Gasteiger partial charge is 0.0583 e. The van der Waals surface area contributed by atoms with Crippen molar-refractivity contribution in [2.24, 2.45) is 29.1 Å². The molecule has 158 valence electrons. The van der Waals surface area contributed by atoms with Gasteiger partial charge in [-0.05, 0) is 86.0 Å². The van der Waals surface area contributed by atoms with Crippen LogP contribution in [0.1, 0.15) is 108 Å². The van der Waals surface area contributed by atoms with E-state index in [1.165, 1.54) is 17.6 Å². The van der Waals surface area contributed by atoms with Gasteiger partial charge in [-0.3, -0.25) is 0 Å².